The zero-order valence-electron chi connectivity index (χ0n) is 6.81. The van der Waals surface area contributed by atoms with Gasteiger partial charge in [0, 0.05) is 11.8 Å². The first-order chi connectivity index (χ1) is 5.38. The summed E-state index contributed by atoms with van der Waals surface area (Å²) in [4.78, 5) is 6.75. The number of hydrogen-bond donors (Lipinski definition) is 0. The Morgan fingerprint density at radius 2 is 1.83 bits per heavy atom. The average Bonchev–Trinajstić information content (AvgIpc) is 1.97. The third-order valence-corrected chi connectivity index (χ3v) is 1.12. The molecule has 0 amide bonds. The lowest BCUT2D eigenvalue weighted by Crippen LogP contribution is -2.08. The Kier molecular flexibility index (Phi) is 3.66. The van der Waals surface area contributed by atoms with Crippen molar-refractivity contribution in [1.29, 1.82) is 0 Å². The predicted molar refractivity (Wildman–Crippen MR) is 42.5 cm³/mol. The molecule has 5 heteroatoms. The van der Waals surface area contributed by atoms with Crippen LogP contribution in [0.4, 0.5) is 13.2 Å². The topological polar surface area (TPSA) is 24.7 Å². The van der Waals surface area contributed by atoms with Crippen LogP contribution in [0.3, 0.4) is 0 Å². The summed E-state index contributed by atoms with van der Waals surface area (Å²) in [6, 6.07) is 0. The van der Waals surface area contributed by atoms with Gasteiger partial charge >= 0.3 is 6.18 Å². The van der Waals surface area contributed by atoms with Crippen molar-refractivity contribution in [3.63, 3.8) is 0 Å². The monoisotopic (exact) mass is 178 g/mol. The van der Waals surface area contributed by atoms with Crippen molar-refractivity contribution in [3.05, 3.63) is 11.8 Å². The molecule has 0 fully saturated rings. The van der Waals surface area contributed by atoms with E-state index in [1.54, 1.807) is 0 Å². The highest BCUT2D eigenvalue weighted by Gasteiger charge is 2.29. The highest BCUT2D eigenvalue weighted by atomic mass is 19.4. The van der Waals surface area contributed by atoms with Gasteiger partial charge < -0.3 is 0 Å². The van der Waals surface area contributed by atoms with E-state index in [9.17, 15) is 13.2 Å². The summed E-state index contributed by atoms with van der Waals surface area (Å²) in [5.41, 5.74) is -0.759. The van der Waals surface area contributed by atoms with E-state index in [1.165, 1.54) is 6.92 Å². The molecule has 0 unspecified atom stereocenters. The zero-order chi connectivity index (χ0) is 9.78. The molecule has 0 aromatic rings. The van der Waals surface area contributed by atoms with Gasteiger partial charge in [-0.1, -0.05) is 0 Å². The molecular weight excluding hydrogens is 169 g/mol. The minimum absolute atomic E-state index is 0.207. The van der Waals surface area contributed by atoms with Gasteiger partial charge in [0.2, 0.25) is 0 Å². The summed E-state index contributed by atoms with van der Waals surface area (Å²) in [7, 11) is 0. The van der Waals surface area contributed by atoms with Crippen LogP contribution in [0.5, 0.6) is 0 Å². The first-order valence-corrected chi connectivity index (χ1v) is 3.13. The number of allylic oxidation sites excluding steroid dienone is 1. The molecule has 0 bridgehead atoms. The lowest BCUT2D eigenvalue weighted by atomic mass is 10.3. The SMILES string of the molecule is C=NC(C)=N/C=C(\C)C(F)(F)F. The maximum absolute atomic E-state index is 11.8. The fourth-order valence-electron chi connectivity index (χ4n) is 0.304. The Bertz CT molecular complexity index is 225. The van der Waals surface area contributed by atoms with Crippen LogP contribution < -0.4 is 0 Å². The first kappa shape index (κ1) is 10.9. The van der Waals surface area contributed by atoms with E-state index in [0.29, 0.717) is 0 Å². The number of aliphatic imine (C=N–C) groups is 2. The fraction of sp³-hybridized carbons (Fsp3) is 0.429. The Balaban J connectivity index is 4.49. The van der Waals surface area contributed by atoms with Gasteiger partial charge in [-0.2, -0.15) is 13.2 Å². The summed E-state index contributed by atoms with van der Waals surface area (Å²) in [5, 5.41) is 0. The smallest absolute Gasteiger partial charge is 0.250 e. The predicted octanol–water partition coefficient (Wildman–Crippen LogP) is 2.57. The molecule has 0 saturated carbocycles. The fourth-order valence-corrected chi connectivity index (χ4v) is 0.304. The summed E-state index contributed by atoms with van der Waals surface area (Å²) >= 11 is 0. The van der Waals surface area contributed by atoms with Gasteiger partial charge in [0.25, 0.3) is 0 Å². The summed E-state index contributed by atoms with van der Waals surface area (Å²) in [5.74, 6) is 0.207. The number of hydrogen-bond acceptors (Lipinski definition) is 1. The molecule has 0 aliphatic rings. The molecule has 2 nitrogen and oxygen atoms in total. The number of halogens is 3. The van der Waals surface area contributed by atoms with Gasteiger partial charge in [-0.15, -0.1) is 0 Å². The molecule has 0 heterocycles. The lowest BCUT2D eigenvalue weighted by Gasteiger charge is -2.03. The van der Waals surface area contributed by atoms with Crippen LogP contribution in [0.2, 0.25) is 0 Å². The van der Waals surface area contributed by atoms with Crippen LogP contribution in [0.25, 0.3) is 0 Å². The quantitative estimate of drug-likeness (QED) is 0.435. The molecule has 0 aromatic carbocycles. The van der Waals surface area contributed by atoms with E-state index < -0.39 is 11.7 Å². The van der Waals surface area contributed by atoms with E-state index in [2.05, 4.69) is 16.7 Å². The number of alkyl halides is 3. The number of rotatable bonds is 1. The van der Waals surface area contributed by atoms with E-state index in [-0.39, 0.29) is 5.84 Å². The van der Waals surface area contributed by atoms with Crippen LogP contribution in [0.15, 0.2) is 21.8 Å². The van der Waals surface area contributed by atoms with Gasteiger partial charge in [0.05, 0.1) is 0 Å². The molecule has 0 saturated heterocycles. The Labute approximate surface area is 68.5 Å². The average molecular weight is 178 g/mol. The normalized spacial score (nSPS) is 14.8. The Hall–Kier alpha value is -1.13. The number of nitrogens with zero attached hydrogens (tertiary/aromatic N) is 2. The molecule has 68 valence electrons. The maximum Gasteiger partial charge on any atom is 0.413 e. The molecule has 0 radical (unpaired) electrons. The molecule has 0 rings (SSSR count). The molecule has 0 N–H and O–H groups in total. The third-order valence-electron chi connectivity index (χ3n) is 1.12. The second kappa shape index (κ2) is 4.04. The highest BCUT2D eigenvalue weighted by Crippen LogP contribution is 2.24. The van der Waals surface area contributed by atoms with E-state index >= 15 is 0 Å². The van der Waals surface area contributed by atoms with E-state index in [1.807, 2.05) is 0 Å². The largest absolute Gasteiger partial charge is 0.413 e. The van der Waals surface area contributed by atoms with Crippen molar-refractivity contribution >= 4 is 12.6 Å². The number of amidine groups is 1. The summed E-state index contributed by atoms with van der Waals surface area (Å²) < 4.78 is 35.5. The van der Waals surface area contributed by atoms with Gasteiger partial charge in [0.1, 0.15) is 5.84 Å². The minimum atomic E-state index is -4.31. The van der Waals surface area contributed by atoms with Crippen molar-refractivity contribution < 1.29 is 13.2 Å². The molecule has 0 spiro atoms. The highest BCUT2D eigenvalue weighted by molar-refractivity contribution is 5.84. The van der Waals surface area contributed by atoms with Gasteiger partial charge in [-0.3, -0.25) is 0 Å². The van der Waals surface area contributed by atoms with Crippen LogP contribution in [-0.4, -0.2) is 18.7 Å². The van der Waals surface area contributed by atoms with Gasteiger partial charge in [-0.25, -0.2) is 9.98 Å². The molecule has 12 heavy (non-hydrogen) atoms. The maximum atomic E-state index is 11.8. The minimum Gasteiger partial charge on any atom is -0.250 e. The molecular formula is C7H9F3N2. The van der Waals surface area contributed by atoms with Crippen molar-refractivity contribution in [1.82, 2.24) is 0 Å². The first-order valence-electron chi connectivity index (χ1n) is 3.13. The van der Waals surface area contributed by atoms with E-state index in [0.717, 1.165) is 13.1 Å². The van der Waals surface area contributed by atoms with Gasteiger partial charge in [0.15, 0.2) is 0 Å². The molecule has 0 aromatic heterocycles. The van der Waals surface area contributed by atoms with Crippen molar-refractivity contribution in [2.75, 3.05) is 0 Å². The molecule has 0 atom stereocenters. The van der Waals surface area contributed by atoms with Crippen molar-refractivity contribution in [2.45, 2.75) is 20.0 Å². The van der Waals surface area contributed by atoms with Crippen molar-refractivity contribution in [3.8, 4) is 0 Å². The van der Waals surface area contributed by atoms with Crippen LogP contribution in [0, 0.1) is 0 Å². The van der Waals surface area contributed by atoms with E-state index in [4.69, 9.17) is 0 Å². The van der Waals surface area contributed by atoms with Crippen LogP contribution in [0.1, 0.15) is 13.8 Å². The van der Waals surface area contributed by atoms with Crippen LogP contribution in [-0.2, 0) is 0 Å². The summed E-state index contributed by atoms with van der Waals surface area (Å²) in [6.07, 6.45) is -3.59. The van der Waals surface area contributed by atoms with Crippen molar-refractivity contribution in [2.24, 2.45) is 9.98 Å². The third kappa shape index (κ3) is 3.90. The summed E-state index contributed by atoms with van der Waals surface area (Å²) in [6.45, 7) is 5.52. The standard InChI is InChI=1S/C7H9F3N2/c1-5(7(8,9)10)4-12-6(2)11-3/h4H,3H2,1-2H3/b5-4+,12-6?. The second-order valence-corrected chi connectivity index (χ2v) is 2.14. The molecule has 0 aliphatic carbocycles. The van der Waals surface area contributed by atoms with Crippen LogP contribution >= 0.6 is 0 Å². The Morgan fingerprint density at radius 1 is 1.33 bits per heavy atom. The molecule has 0 aliphatic heterocycles. The second-order valence-electron chi connectivity index (χ2n) is 2.14. The zero-order valence-corrected chi connectivity index (χ0v) is 6.81. The Morgan fingerprint density at radius 3 is 2.17 bits per heavy atom. The lowest BCUT2D eigenvalue weighted by molar-refractivity contribution is -0.0914. The van der Waals surface area contributed by atoms with Gasteiger partial charge in [-0.05, 0) is 20.6 Å².